The number of nitrogens with zero attached hydrogens (tertiary/aromatic N) is 3. The van der Waals surface area contributed by atoms with E-state index in [2.05, 4.69) is 212 Å². The van der Waals surface area contributed by atoms with Crippen molar-refractivity contribution in [2.24, 2.45) is 0 Å². The van der Waals surface area contributed by atoms with Crippen molar-refractivity contribution in [3.05, 3.63) is 283 Å². The molecule has 9 aromatic carbocycles. The fraction of sp³-hybridized carbons (Fsp3) is 0.0417. The van der Waals surface area contributed by atoms with E-state index in [-0.39, 0.29) is 20.1 Å². The maximum Gasteiger partial charge on any atom is 3.00 e. The minimum absolute atomic E-state index is 0. The Balaban J connectivity index is 0.00000609. The number of aryl methyl sites for hydroxylation is 2. The zero-order valence-electron chi connectivity index (χ0n) is 43.8. The van der Waals surface area contributed by atoms with Crippen LogP contribution in [0.2, 0.25) is 0 Å². The molecule has 3 aromatic heterocycles. The zero-order chi connectivity index (χ0) is 52.0. The van der Waals surface area contributed by atoms with Gasteiger partial charge in [0.1, 0.15) is 0 Å². The summed E-state index contributed by atoms with van der Waals surface area (Å²) in [5.41, 5.74) is 25.9. The van der Waals surface area contributed by atoms with Gasteiger partial charge in [0.15, 0.2) is 0 Å². The Bertz CT molecular complexity index is 4020. The predicted molar refractivity (Wildman–Crippen MR) is 308 cm³/mol. The molecule has 3 nitrogen and oxygen atoms in total. The van der Waals surface area contributed by atoms with Gasteiger partial charge in [0.2, 0.25) is 0 Å². The van der Waals surface area contributed by atoms with Crippen molar-refractivity contribution in [3.8, 4) is 123 Å². The van der Waals surface area contributed by atoms with Crippen molar-refractivity contribution in [3.63, 3.8) is 0 Å². The molecule has 0 atom stereocenters. The largest absolute Gasteiger partial charge is 3.00 e. The van der Waals surface area contributed by atoms with Crippen LogP contribution in [0.15, 0.2) is 243 Å². The summed E-state index contributed by atoms with van der Waals surface area (Å²) >= 11 is 0. The Morgan fingerprint density at radius 2 is 0.724 bits per heavy atom. The maximum atomic E-state index is 9.04. The first kappa shape index (κ1) is 45.7. The topological polar surface area (TPSA) is 38.7 Å². The second-order valence-corrected chi connectivity index (χ2v) is 19.2. The molecule has 0 radical (unpaired) electrons. The number of benzene rings is 9. The van der Waals surface area contributed by atoms with Gasteiger partial charge in [-0.2, -0.15) is 0 Å². The quantitative estimate of drug-likeness (QED) is 0.128. The van der Waals surface area contributed by atoms with Crippen molar-refractivity contribution >= 4 is 0 Å². The molecule has 3 heterocycles. The van der Waals surface area contributed by atoms with Crippen LogP contribution in [0.4, 0.5) is 0 Å². The molecular formula is C72H48IrN3. The summed E-state index contributed by atoms with van der Waals surface area (Å²) in [7, 11) is 0. The van der Waals surface area contributed by atoms with Gasteiger partial charge in [-0.3, -0.25) is 0 Å². The van der Waals surface area contributed by atoms with Crippen LogP contribution in [0.3, 0.4) is 0 Å². The van der Waals surface area contributed by atoms with Crippen LogP contribution >= 0.6 is 0 Å². The van der Waals surface area contributed by atoms with Crippen LogP contribution in [0, 0.1) is 32.0 Å². The van der Waals surface area contributed by atoms with Gasteiger partial charge in [0.25, 0.3) is 0 Å². The van der Waals surface area contributed by atoms with Crippen molar-refractivity contribution < 1.29 is 22.8 Å². The molecule has 0 saturated heterocycles. The number of fused-ring (bicyclic) bond motifs is 3. The third-order valence-corrected chi connectivity index (χ3v) is 14.3. The average Bonchev–Trinajstić information content (AvgIpc) is 3.98. The van der Waals surface area contributed by atoms with Gasteiger partial charge in [-0.15, -0.1) is 89.5 Å². The fourth-order valence-corrected chi connectivity index (χ4v) is 10.4. The Labute approximate surface area is 461 Å². The molecule has 1 aliphatic rings. The molecule has 13 rings (SSSR count). The summed E-state index contributed by atoms with van der Waals surface area (Å²) in [6.07, 6.45) is 4.05. The second-order valence-electron chi connectivity index (χ2n) is 19.2. The average molecular weight is 1150 g/mol. The third kappa shape index (κ3) is 9.46. The van der Waals surface area contributed by atoms with E-state index in [1.165, 1.54) is 0 Å². The molecule has 1 aliphatic carbocycles. The fourth-order valence-electron chi connectivity index (χ4n) is 10.4. The van der Waals surface area contributed by atoms with E-state index in [0.29, 0.717) is 11.1 Å². The first-order valence-corrected chi connectivity index (χ1v) is 25.3. The number of pyridine rings is 3. The predicted octanol–water partition coefficient (Wildman–Crippen LogP) is 18.1. The molecule has 0 spiro atoms. The monoisotopic (exact) mass is 1150 g/mol. The SMILES string of the molecule is [2H]C1([2H])c2ccccc2-c2ccc(-c3ccnc(-c4[c-]cc(-c5ccccc5-c5cc(-c6ccccc6-c6c[c-]c(-c7ccc(C)cn7)cc6)cc(-c6ccccc6-c6c[c-]c(-c7ccc(C)cn7)cc6)c5)cc4)c3)cc21.[Ir+3]. The summed E-state index contributed by atoms with van der Waals surface area (Å²) in [5, 5.41) is 0. The molecule has 0 aliphatic heterocycles. The molecule has 0 bridgehead atoms. The Kier molecular flexibility index (Phi) is 12.5. The third-order valence-electron chi connectivity index (χ3n) is 14.3. The number of hydrogen-bond donors (Lipinski definition) is 0. The molecule has 0 N–H and O–H groups in total. The first-order valence-electron chi connectivity index (χ1n) is 26.3. The van der Waals surface area contributed by atoms with Crippen LogP contribution in [-0.4, -0.2) is 15.0 Å². The number of rotatable bonds is 10. The van der Waals surface area contributed by atoms with E-state index in [0.717, 1.165) is 134 Å². The van der Waals surface area contributed by atoms with E-state index in [1.54, 1.807) is 0 Å². The van der Waals surface area contributed by atoms with Gasteiger partial charge in [-0.05, 0) is 139 Å². The minimum atomic E-state index is -1.57. The van der Waals surface area contributed by atoms with Crippen molar-refractivity contribution in [2.75, 3.05) is 0 Å². The van der Waals surface area contributed by atoms with Crippen LogP contribution in [0.25, 0.3) is 123 Å². The van der Waals surface area contributed by atoms with Crippen LogP contribution in [0.5, 0.6) is 0 Å². The molecule has 76 heavy (non-hydrogen) atoms. The molecule has 12 aromatic rings. The summed E-state index contributed by atoms with van der Waals surface area (Å²) in [6.45, 7) is 4.10. The van der Waals surface area contributed by atoms with Crippen molar-refractivity contribution in [2.45, 2.75) is 20.2 Å². The molecule has 4 heteroatoms. The Hall–Kier alpha value is -8.92. The van der Waals surface area contributed by atoms with E-state index in [9.17, 15) is 0 Å². The van der Waals surface area contributed by atoms with E-state index in [1.807, 2.05) is 73.2 Å². The standard InChI is InChI=1S/C72H48N3.Ir/c1-47-19-35-70(74-45-47)52-27-21-49(22-28-52)62-12-5-8-16-66(62)59-41-60(67-17-9-6-13-63(67)50-23-29-53(30-24-50)71-36-20-48(2)46-75-71)43-61(42-59)68-18-10-7-14-64(68)51-25-31-54(32-26-51)72-44-56(37-38-73-72)55-33-34-69-58(39-55)40-57-11-3-4-15-65(57)69;/h3-27,29,31,33-39,41-46H,40H2,1-2H3;/q-3;+3/i40D2;. The van der Waals surface area contributed by atoms with Crippen LogP contribution in [0.1, 0.15) is 25.0 Å². The van der Waals surface area contributed by atoms with E-state index in [4.69, 9.17) is 7.73 Å². The summed E-state index contributed by atoms with van der Waals surface area (Å²) in [4.78, 5) is 14.1. The Morgan fingerprint density at radius 3 is 1.16 bits per heavy atom. The van der Waals surface area contributed by atoms with Gasteiger partial charge in [0.05, 0.1) is 0 Å². The summed E-state index contributed by atoms with van der Waals surface area (Å²) < 4.78 is 18.1. The Morgan fingerprint density at radius 1 is 0.329 bits per heavy atom. The first-order chi connectivity index (χ1) is 37.7. The van der Waals surface area contributed by atoms with Gasteiger partial charge in [-0.25, -0.2) is 0 Å². The van der Waals surface area contributed by atoms with Gasteiger partial charge >= 0.3 is 20.1 Å². The van der Waals surface area contributed by atoms with Crippen LogP contribution in [-0.2, 0) is 26.5 Å². The van der Waals surface area contributed by atoms with Gasteiger partial charge in [0, 0.05) is 21.3 Å². The molecule has 360 valence electrons. The minimum Gasteiger partial charge on any atom is -0.305 e. The zero-order valence-corrected chi connectivity index (χ0v) is 44.2. The smallest absolute Gasteiger partial charge is 0.305 e. The molecule has 0 unspecified atom stereocenters. The number of aromatic nitrogens is 3. The molecule has 0 fully saturated rings. The van der Waals surface area contributed by atoms with E-state index >= 15 is 0 Å². The molecule has 0 amide bonds. The van der Waals surface area contributed by atoms with E-state index < -0.39 is 6.37 Å². The van der Waals surface area contributed by atoms with Crippen molar-refractivity contribution in [1.82, 2.24) is 15.0 Å². The second kappa shape index (κ2) is 20.8. The molecule has 0 saturated carbocycles. The van der Waals surface area contributed by atoms with Crippen molar-refractivity contribution in [1.29, 1.82) is 0 Å². The van der Waals surface area contributed by atoms with Gasteiger partial charge in [-0.1, -0.05) is 179 Å². The summed E-state index contributed by atoms with van der Waals surface area (Å²) in [6, 6.07) is 88.9. The van der Waals surface area contributed by atoms with Crippen LogP contribution < -0.4 is 0 Å². The summed E-state index contributed by atoms with van der Waals surface area (Å²) in [5.74, 6) is 0. The number of hydrogen-bond acceptors (Lipinski definition) is 3. The maximum absolute atomic E-state index is 9.04. The van der Waals surface area contributed by atoms with Gasteiger partial charge < -0.3 is 15.0 Å². The molecular weight excluding hydrogens is 1100 g/mol. The normalized spacial score (nSPS) is 12.4.